The molecule has 0 amide bonds. The van der Waals surface area contributed by atoms with Gasteiger partial charge in [0.25, 0.3) is 0 Å². The van der Waals surface area contributed by atoms with Gasteiger partial charge in [-0.2, -0.15) is 0 Å². The lowest BCUT2D eigenvalue weighted by atomic mass is 9.88. The van der Waals surface area contributed by atoms with Gasteiger partial charge >= 0.3 is 5.97 Å². The molecule has 3 heterocycles. The molecule has 0 spiro atoms. The van der Waals surface area contributed by atoms with E-state index in [1.54, 1.807) is 4.90 Å². The minimum absolute atomic E-state index is 0. The number of nitrogens with zero attached hydrogens (tertiary/aromatic N) is 3. The van der Waals surface area contributed by atoms with Gasteiger partial charge in [0.05, 0.1) is 11.1 Å². The van der Waals surface area contributed by atoms with Crippen LogP contribution >= 0.6 is 12.4 Å². The Morgan fingerprint density at radius 2 is 1.91 bits per heavy atom. The fourth-order valence-corrected chi connectivity index (χ4v) is 4.01. The molecule has 0 aliphatic carbocycles. The van der Waals surface area contributed by atoms with E-state index in [0.717, 1.165) is 29.0 Å². The van der Waals surface area contributed by atoms with Gasteiger partial charge in [-0.3, -0.25) is 9.36 Å². The molecule has 1 aromatic carbocycles. The summed E-state index contributed by atoms with van der Waals surface area (Å²) in [6, 6.07) is 3.61. The number of nitrogens with two attached hydrogens (primary N) is 1. The Morgan fingerprint density at radius 1 is 1.21 bits per heavy atom. The van der Waals surface area contributed by atoms with E-state index < -0.39 is 40.0 Å². The van der Waals surface area contributed by atoms with Gasteiger partial charge in [-0.05, 0) is 44.4 Å². The van der Waals surface area contributed by atoms with Crippen LogP contribution in [-0.2, 0) is 0 Å². The average molecular weight is 483 g/mol. The third-order valence-electron chi connectivity index (χ3n) is 5.85. The van der Waals surface area contributed by atoms with Gasteiger partial charge in [0.1, 0.15) is 17.2 Å². The highest BCUT2D eigenvalue weighted by Gasteiger charge is 2.34. The van der Waals surface area contributed by atoms with Gasteiger partial charge in [-0.25, -0.2) is 22.9 Å². The number of aromatic nitrogens is 2. The van der Waals surface area contributed by atoms with E-state index in [1.165, 1.54) is 0 Å². The standard InChI is InChI=1S/C22H21F3N4O3.ClH/c1-22(2,26)11-5-6-28(9-11)20-16(25)8-13-18(30)14(21(31)32)10-29(19(13)27-20)17-4-3-12(23)7-15(17)24;/h3-4,7-8,10-11H,5-6,9,26H2,1-2H3,(H,31,32);1H/t11-;/m0./s1. The van der Waals surface area contributed by atoms with Crippen molar-refractivity contribution in [2.24, 2.45) is 11.7 Å². The molecule has 176 valence electrons. The van der Waals surface area contributed by atoms with Crippen molar-refractivity contribution in [3.05, 3.63) is 63.7 Å². The number of carboxylic acids is 1. The number of pyridine rings is 2. The molecule has 7 nitrogen and oxygen atoms in total. The summed E-state index contributed by atoms with van der Waals surface area (Å²) in [4.78, 5) is 30.2. The lowest BCUT2D eigenvalue weighted by Crippen LogP contribution is -2.42. The van der Waals surface area contributed by atoms with Gasteiger partial charge in [0, 0.05) is 30.9 Å². The molecule has 0 unspecified atom stereocenters. The Bertz CT molecular complexity index is 1310. The van der Waals surface area contributed by atoms with E-state index >= 15 is 4.39 Å². The number of carbonyl (C=O) groups is 1. The van der Waals surface area contributed by atoms with Crippen LogP contribution in [0.4, 0.5) is 19.0 Å². The van der Waals surface area contributed by atoms with Gasteiger partial charge in [0.15, 0.2) is 17.3 Å². The number of aromatic carboxylic acids is 1. The molecular formula is C22H22ClF3N4O3. The normalized spacial score (nSPS) is 16.2. The van der Waals surface area contributed by atoms with Crippen molar-refractivity contribution in [1.82, 2.24) is 9.55 Å². The molecule has 1 saturated heterocycles. The molecule has 3 aromatic rings. The van der Waals surface area contributed by atoms with Gasteiger partial charge in [-0.1, -0.05) is 0 Å². The molecule has 1 atom stereocenters. The average Bonchev–Trinajstić information content (AvgIpc) is 3.19. The van der Waals surface area contributed by atoms with E-state index in [2.05, 4.69) is 4.98 Å². The molecule has 33 heavy (non-hydrogen) atoms. The van der Waals surface area contributed by atoms with E-state index in [-0.39, 0.29) is 40.9 Å². The highest BCUT2D eigenvalue weighted by atomic mass is 35.5. The van der Waals surface area contributed by atoms with Crippen molar-refractivity contribution in [1.29, 1.82) is 0 Å². The molecular weight excluding hydrogens is 461 g/mol. The number of anilines is 1. The monoisotopic (exact) mass is 482 g/mol. The van der Waals surface area contributed by atoms with E-state index in [4.69, 9.17) is 5.73 Å². The van der Waals surface area contributed by atoms with Gasteiger partial charge in [0.2, 0.25) is 5.43 Å². The minimum atomic E-state index is -1.56. The first-order chi connectivity index (χ1) is 15.0. The second-order valence-corrected chi connectivity index (χ2v) is 8.56. The first kappa shape index (κ1) is 24.5. The van der Waals surface area contributed by atoms with Crippen molar-refractivity contribution in [2.45, 2.75) is 25.8 Å². The quantitative estimate of drug-likeness (QED) is 0.590. The molecule has 2 aromatic heterocycles. The first-order valence-corrected chi connectivity index (χ1v) is 9.96. The summed E-state index contributed by atoms with van der Waals surface area (Å²) in [5.74, 6) is -4.18. The van der Waals surface area contributed by atoms with E-state index in [0.29, 0.717) is 25.6 Å². The third kappa shape index (κ3) is 4.40. The van der Waals surface area contributed by atoms with Crippen molar-refractivity contribution in [3.8, 4) is 5.69 Å². The number of fused-ring (bicyclic) bond motifs is 1. The second-order valence-electron chi connectivity index (χ2n) is 8.56. The molecule has 0 saturated carbocycles. The van der Waals surface area contributed by atoms with Crippen LogP contribution in [0, 0.1) is 23.4 Å². The molecule has 11 heteroatoms. The zero-order chi connectivity index (χ0) is 23.4. The van der Waals surface area contributed by atoms with E-state index in [1.807, 2.05) is 13.8 Å². The summed E-state index contributed by atoms with van der Waals surface area (Å²) >= 11 is 0. The maximum Gasteiger partial charge on any atom is 0.341 e. The van der Waals surface area contributed by atoms with Crippen LogP contribution in [0.15, 0.2) is 35.3 Å². The summed E-state index contributed by atoms with van der Waals surface area (Å²) in [6.07, 6.45) is 1.62. The summed E-state index contributed by atoms with van der Waals surface area (Å²) in [7, 11) is 0. The maximum absolute atomic E-state index is 15.0. The molecule has 0 radical (unpaired) electrons. The lowest BCUT2D eigenvalue weighted by molar-refractivity contribution is 0.0695. The number of hydrogen-bond donors (Lipinski definition) is 2. The fourth-order valence-electron chi connectivity index (χ4n) is 4.01. The summed E-state index contributed by atoms with van der Waals surface area (Å²) in [5, 5.41) is 9.08. The Morgan fingerprint density at radius 3 is 2.48 bits per heavy atom. The highest BCUT2D eigenvalue weighted by Crippen LogP contribution is 2.31. The SMILES string of the molecule is CC(C)(N)[C@H]1CCN(c2nc3c(cc2F)c(=O)c(C(=O)O)cn3-c2ccc(F)cc2F)C1.Cl. The predicted octanol–water partition coefficient (Wildman–Crippen LogP) is 3.49. The van der Waals surface area contributed by atoms with Crippen LogP contribution in [0.25, 0.3) is 16.7 Å². The summed E-state index contributed by atoms with van der Waals surface area (Å²) in [5.41, 5.74) is 3.68. The number of halogens is 4. The smallest absolute Gasteiger partial charge is 0.341 e. The van der Waals surface area contributed by atoms with Gasteiger partial charge in [-0.15, -0.1) is 12.4 Å². The zero-order valence-electron chi connectivity index (χ0n) is 17.8. The van der Waals surface area contributed by atoms with Crippen LogP contribution in [0.5, 0.6) is 0 Å². The molecule has 3 N–H and O–H groups in total. The second kappa shape index (κ2) is 8.68. The fraction of sp³-hybridized carbons (Fsp3) is 0.318. The summed E-state index contributed by atoms with van der Waals surface area (Å²) < 4.78 is 44.0. The molecule has 1 fully saturated rings. The first-order valence-electron chi connectivity index (χ1n) is 9.96. The molecule has 1 aliphatic heterocycles. The Balaban J connectivity index is 0.00000306. The van der Waals surface area contributed by atoms with Crippen LogP contribution < -0.4 is 16.1 Å². The number of benzene rings is 1. The van der Waals surface area contributed by atoms with Crippen LogP contribution in [0.1, 0.15) is 30.6 Å². The number of hydrogen-bond acceptors (Lipinski definition) is 5. The third-order valence-corrected chi connectivity index (χ3v) is 5.85. The lowest BCUT2D eigenvalue weighted by Gasteiger charge is -2.27. The minimum Gasteiger partial charge on any atom is -0.477 e. The van der Waals surface area contributed by atoms with Gasteiger partial charge < -0.3 is 15.7 Å². The van der Waals surface area contributed by atoms with Crippen LogP contribution in [0.3, 0.4) is 0 Å². The van der Waals surface area contributed by atoms with Crippen LogP contribution in [-0.4, -0.2) is 39.3 Å². The molecule has 4 rings (SSSR count). The predicted molar refractivity (Wildman–Crippen MR) is 120 cm³/mol. The highest BCUT2D eigenvalue weighted by molar-refractivity contribution is 5.92. The topological polar surface area (TPSA) is 101 Å². The van der Waals surface area contributed by atoms with Crippen LogP contribution in [0.2, 0.25) is 0 Å². The Hall–Kier alpha value is -3.11. The Labute approximate surface area is 193 Å². The largest absolute Gasteiger partial charge is 0.477 e. The Kier molecular flexibility index (Phi) is 6.45. The summed E-state index contributed by atoms with van der Waals surface area (Å²) in [6.45, 7) is 4.67. The van der Waals surface area contributed by atoms with E-state index in [9.17, 15) is 23.5 Å². The van der Waals surface area contributed by atoms with Crippen molar-refractivity contribution < 1.29 is 23.1 Å². The maximum atomic E-state index is 15.0. The number of rotatable bonds is 4. The zero-order valence-corrected chi connectivity index (χ0v) is 18.6. The van der Waals surface area contributed by atoms with Crippen molar-refractivity contribution in [3.63, 3.8) is 0 Å². The van der Waals surface area contributed by atoms with Crippen molar-refractivity contribution in [2.75, 3.05) is 18.0 Å². The van der Waals surface area contributed by atoms with Crippen molar-refractivity contribution >= 4 is 35.2 Å². The molecule has 0 bridgehead atoms. The molecule has 1 aliphatic rings. The number of carboxylic acid groups (broad SMARTS) is 1.